The largest absolute Gasteiger partial charge is 0.410 e. The van der Waals surface area contributed by atoms with E-state index >= 15 is 0 Å². The van der Waals surface area contributed by atoms with E-state index in [0.717, 1.165) is 12.3 Å². The van der Waals surface area contributed by atoms with Crippen molar-refractivity contribution in [2.45, 2.75) is 0 Å². The van der Waals surface area contributed by atoms with Crippen molar-refractivity contribution in [2.75, 3.05) is 0 Å². The number of aromatic nitrogens is 1. The predicted molar refractivity (Wildman–Crippen MR) is 39.4 cm³/mol. The van der Waals surface area contributed by atoms with Gasteiger partial charge in [-0.3, -0.25) is 0 Å². The van der Waals surface area contributed by atoms with E-state index in [-0.39, 0.29) is 10.9 Å². The second kappa shape index (κ2) is 3.36. The third-order valence-corrected chi connectivity index (χ3v) is 1.27. The van der Waals surface area contributed by atoms with Gasteiger partial charge >= 0.3 is 6.09 Å². The molecule has 0 unspecified atom stereocenters. The van der Waals surface area contributed by atoms with Crippen LogP contribution in [0.2, 0.25) is 5.15 Å². The molecule has 1 rings (SSSR count). The van der Waals surface area contributed by atoms with Crippen molar-refractivity contribution < 1.29 is 13.9 Å². The molecule has 2 N–H and O–H groups in total. The lowest BCUT2D eigenvalue weighted by Gasteiger charge is -2.00. The minimum atomic E-state index is -1.07. The number of pyridine rings is 1. The molecule has 0 aliphatic carbocycles. The molecule has 0 aliphatic heterocycles. The van der Waals surface area contributed by atoms with E-state index in [1.54, 1.807) is 0 Å². The number of ether oxygens (including phenoxy) is 1. The van der Waals surface area contributed by atoms with E-state index in [4.69, 9.17) is 11.6 Å². The van der Waals surface area contributed by atoms with Crippen LogP contribution in [0.3, 0.4) is 0 Å². The van der Waals surface area contributed by atoms with Crippen molar-refractivity contribution in [1.29, 1.82) is 0 Å². The van der Waals surface area contributed by atoms with E-state index in [2.05, 4.69) is 15.5 Å². The summed E-state index contributed by atoms with van der Waals surface area (Å²) >= 11 is 5.43. The van der Waals surface area contributed by atoms with Crippen molar-refractivity contribution in [3.63, 3.8) is 0 Å². The van der Waals surface area contributed by atoms with Gasteiger partial charge in [0.25, 0.3) is 0 Å². The van der Waals surface area contributed by atoms with Crippen LogP contribution in [0.1, 0.15) is 0 Å². The maximum Gasteiger partial charge on any atom is 0.410 e. The number of nitrogens with two attached hydrogens (primary N) is 1. The van der Waals surface area contributed by atoms with E-state index in [1.807, 2.05) is 0 Å². The molecule has 12 heavy (non-hydrogen) atoms. The van der Waals surface area contributed by atoms with Gasteiger partial charge in [-0.2, -0.15) is 0 Å². The second-order valence-electron chi connectivity index (χ2n) is 1.86. The van der Waals surface area contributed by atoms with Gasteiger partial charge in [0.1, 0.15) is 5.82 Å². The molecule has 1 heterocycles. The fraction of sp³-hybridized carbons (Fsp3) is 0. The lowest BCUT2D eigenvalue weighted by Crippen LogP contribution is -2.16. The molecule has 0 atom stereocenters. The zero-order valence-electron chi connectivity index (χ0n) is 5.75. The summed E-state index contributed by atoms with van der Waals surface area (Å²) < 4.78 is 16.8. The fourth-order valence-electron chi connectivity index (χ4n) is 0.584. The number of rotatable bonds is 1. The molecular weight excluding hydrogens is 187 g/mol. The average Bonchev–Trinajstić information content (AvgIpc) is 1.96. The van der Waals surface area contributed by atoms with Gasteiger partial charge in [0, 0.05) is 6.07 Å². The zero-order valence-corrected chi connectivity index (χ0v) is 6.51. The van der Waals surface area contributed by atoms with Crippen LogP contribution in [0.5, 0.6) is 5.75 Å². The van der Waals surface area contributed by atoms with E-state index in [1.165, 1.54) is 0 Å². The molecule has 0 aromatic carbocycles. The summed E-state index contributed by atoms with van der Waals surface area (Å²) in [5.74, 6) is -0.847. The van der Waals surface area contributed by atoms with Crippen LogP contribution in [-0.4, -0.2) is 11.1 Å². The quantitative estimate of drug-likeness (QED) is 0.680. The number of nitrogens with zero attached hydrogens (tertiary/aromatic N) is 1. The van der Waals surface area contributed by atoms with Crippen LogP contribution in [0.25, 0.3) is 0 Å². The van der Waals surface area contributed by atoms with E-state index in [0.29, 0.717) is 0 Å². The summed E-state index contributed by atoms with van der Waals surface area (Å²) in [6.07, 6.45) is -0.166. The highest BCUT2D eigenvalue weighted by molar-refractivity contribution is 6.30. The summed E-state index contributed by atoms with van der Waals surface area (Å²) in [5, 5.41) is -0.116. The Bertz CT molecular complexity index is 318. The molecule has 1 aromatic rings. The molecule has 0 aliphatic rings. The highest BCUT2D eigenvalue weighted by atomic mass is 35.5. The van der Waals surface area contributed by atoms with Crippen molar-refractivity contribution >= 4 is 17.7 Å². The minimum Gasteiger partial charge on any atom is -0.407 e. The molecule has 6 heteroatoms. The van der Waals surface area contributed by atoms with Crippen LogP contribution in [0.15, 0.2) is 12.3 Å². The summed E-state index contributed by atoms with van der Waals surface area (Å²) in [6, 6.07) is 0.917. The Balaban J connectivity index is 2.97. The second-order valence-corrected chi connectivity index (χ2v) is 2.22. The first kappa shape index (κ1) is 8.73. The lowest BCUT2D eigenvalue weighted by molar-refractivity contribution is 0.210. The van der Waals surface area contributed by atoms with Crippen LogP contribution in [0, 0.1) is 5.82 Å². The first-order chi connectivity index (χ1) is 5.59. The van der Waals surface area contributed by atoms with Crippen molar-refractivity contribution in [3.8, 4) is 5.75 Å². The van der Waals surface area contributed by atoms with Gasteiger partial charge in [-0.25, -0.2) is 14.2 Å². The van der Waals surface area contributed by atoms with Crippen LogP contribution in [-0.2, 0) is 0 Å². The molecule has 0 bridgehead atoms. The molecule has 0 radical (unpaired) electrons. The minimum absolute atomic E-state index is 0.116. The highest BCUT2D eigenvalue weighted by Gasteiger charge is 2.06. The van der Waals surface area contributed by atoms with Gasteiger partial charge in [0.05, 0.1) is 6.20 Å². The van der Waals surface area contributed by atoms with Crippen LogP contribution < -0.4 is 10.5 Å². The molecule has 0 saturated heterocycles. The number of carbonyl (C=O) groups excluding carboxylic acids is 1. The monoisotopic (exact) mass is 190 g/mol. The van der Waals surface area contributed by atoms with Gasteiger partial charge in [-0.15, -0.1) is 0 Å². The Labute approximate surface area is 72.1 Å². The Morgan fingerprint density at radius 1 is 1.75 bits per heavy atom. The van der Waals surface area contributed by atoms with Gasteiger partial charge < -0.3 is 10.5 Å². The standard InChI is InChI=1S/C6H4ClFN2O2/c7-5-4(12-6(9)11)1-3(8)2-10-5/h1-2H,(H2,9,11). The van der Waals surface area contributed by atoms with Crippen molar-refractivity contribution in [3.05, 3.63) is 23.2 Å². The highest BCUT2D eigenvalue weighted by Crippen LogP contribution is 2.21. The maximum atomic E-state index is 12.4. The van der Waals surface area contributed by atoms with Gasteiger partial charge in [0.15, 0.2) is 10.9 Å². The summed E-state index contributed by atoms with van der Waals surface area (Å²) in [7, 11) is 0. The van der Waals surface area contributed by atoms with Crippen molar-refractivity contribution in [1.82, 2.24) is 4.98 Å². The van der Waals surface area contributed by atoms with E-state index in [9.17, 15) is 9.18 Å². The summed E-state index contributed by atoms with van der Waals surface area (Å²) in [5.41, 5.74) is 4.67. The Hall–Kier alpha value is -1.36. The van der Waals surface area contributed by atoms with Crippen LogP contribution >= 0.6 is 11.6 Å². The molecule has 4 nitrogen and oxygen atoms in total. The third kappa shape index (κ3) is 2.06. The van der Waals surface area contributed by atoms with E-state index < -0.39 is 11.9 Å². The van der Waals surface area contributed by atoms with Crippen molar-refractivity contribution in [2.24, 2.45) is 5.73 Å². The Morgan fingerprint density at radius 3 is 3.00 bits per heavy atom. The third-order valence-electron chi connectivity index (χ3n) is 0.984. The molecule has 1 aromatic heterocycles. The molecule has 0 saturated carbocycles. The maximum absolute atomic E-state index is 12.4. The van der Waals surface area contributed by atoms with Crippen LogP contribution in [0.4, 0.5) is 9.18 Å². The molecule has 0 spiro atoms. The molecular formula is C6H4ClFN2O2. The normalized spacial score (nSPS) is 9.50. The number of primary amides is 1. The zero-order chi connectivity index (χ0) is 9.14. The number of hydrogen-bond donors (Lipinski definition) is 1. The lowest BCUT2D eigenvalue weighted by atomic mass is 10.4. The topological polar surface area (TPSA) is 65.2 Å². The Morgan fingerprint density at radius 2 is 2.42 bits per heavy atom. The SMILES string of the molecule is NC(=O)Oc1cc(F)cnc1Cl. The fourth-order valence-corrected chi connectivity index (χ4v) is 0.726. The number of amides is 1. The summed E-state index contributed by atoms with van der Waals surface area (Å²) in [4.78, 5) is 13.6. The van der Waals surface area contributed by atoms with Gasteiger partial charge in [-0.05, 0) is 0 Å². The molecule has 64 valence electrons. The molecule has 1 amide bonds. The molecule has 0 fully saturated rings. The predicted octanol–water partition coefficient (Wildman–Crippen LogP) is 1.33. The average molecular weight is 191 g/mol. The first-order valence-electron chi connectivity index (χ1n) is 2.88. The smallest absolute Gasteiger partial charge is 0.407 e. The number of hydrogen-bond acceptors (Lipinski definition) is 3. The van der Waals surface area contributed by atoms with Gasteiger partial charge in [-0.1, -0.05) is 11.6 Å². The first-order valence-corrected chi connectivity index (χ1v) is 3.25. The number of carbonyl (C=O) groups is 1. The Kier molecular flexibility index (Phi) is 2.44. The number of halogens is 2. The summed E-state index contributed by atoms with van der Waals surface area (Å²) in [6.45, 7) is 0. The van der Waals surface area contributed by atoms with Gasteiger partial charge in [0.2, 0.25) is 0 Å².